The predicted octanol–water partition coefficient (Wildman–Crippen LogP) is 5.21. The summed E-state index contributed by atoms with van der Waals surface area (Å²) >= 11 is 5.99. The molecule has 2 aromatic carbocycles. The van der Waals surface area contributed by atoms with E-state index in [1.165, 1.54) is 6.07 Å². The molecule has 146 valence electrons. The molecule has 0 aliphatic carbocycles. The standard InChI is InChI=1S/C21H19ClF3N2O/c22-16-6-4-5-14(11-16)19(28)13-27-18-12-15(21(23,24)25)8-9-17(18)26-10-3-1-2-7-20(26)27/h4-6,8-9,11-12H,1-3,7,10,13H2/q+1. The third kappa shape index (κ3) is 3.53. The van der Waals surface area contributed by atoms with Crippen molar-refractivity contribution in [2.45, 2.75) is 44.9 Å². The van der Waals surface area contributed by atoms with Gasteiger partial charge in [0.1, 0.15) is 0 Å². The minimum atomic E-state index is -4.43. The molecule has 28 heavy (non-hydrogen) atoms. The molecule has 0 saturated heterocycles. The SMILES string of the molecule is O=C(Cn1c2[n+](c3ccc(C(F)(F)F)cc31)CCCCC2)c1cccc(Cl)c1. The zero-order valence-corrected chi connectivity index (χ0v) is 15.9. The molecule has 4 rings (SSSR count). The quantitative estimate of drug-likeness (QED) is 0.432. The Hall–Kier alpha value is -2.34. The summed E-state index contributed by atoms with van der Waals surface area (Å²) in [7, 11) is 0. The van der Waals surface area contributed by atoms with Crippen molar-refractivity contribution in [2.75, 3.05) is 0 Å². The van der Waals surface area contributed by atoms with Crippen molar-refractivity contribution in [3.8, 4) is 0 Å². The monoisotopic (exact) mass is 407 g/mol. The molecule has 1 aliphatic heterocycles. The Bertz CT molecular complexity index is 1060. The molecule has 0 N–H and O–H groups in total. The highest BCUT2D eigenvalue weighted by Gasteiger charge is 2.34. The Kier molecular flexibility index (Phi) is 4.91. The lowest BCUT2D eigenvalue weighted by atomic mass is 10.1. The first-order chi connectivity index (χ1) is 13.3. The Labute approximate surface area is 165 Å². The minimum absolute atomic E-state index is 0.0134. The van der Waals surface area contributed by atoms with Crippen molar-refractivity contribution in [1.29, 1.82) is 0 Å². The number of hydrogen-bond donors (Lipinski definition) is 0. The third-order valence-corrected chi connectivity index (χ3v) is 5.47. The first-order valence-corrected chi connectivity index (χ1v) is 9.63. The molecule has 1 aromatic heterocycles. The van der Waals surface area contributed by atoms with Gasteiger partial charge in [-0.25, -0.2) is 9.13 Å². The maximum atomic E-state index is 13.3. The molecule has 0 amide bonds. The largest absolute Gasteiger partial charge is 0.416 e. The van der Waals surface area contributed by atoms with E-state index in [-0.39, 0.29) is 12.3 Å². The van der Waals surface area contributed by atoms with Crippen LogP contribution in [0.3, 0.4) is 0 Å². The highest BCUT2D eigenvalue weighted by atomic mass is 35.5. The summed E-state index contributed by atoms with van der Waals surface area (Å²) in [5.74, 6) is 0.728. The lowest BCUT2D eigenvalue weighted by molar-refractivity contribution is -0.678. The maximum Gasteiger partial charge on any atom is 0.416 e. The molecule has 0 spiro atoms. The topological polar surface area (TPSA) is 25.9 Å². The van der Waals surface area contributed by atoms with Gasteiger partial charge in [-0.2, -0.15) is 13.2 Å². The van der Waals surface area contributed by atoms with Crippen LogP contribution in [0.1, 0.15) is 41.0 Å². The highest BCUT2D eigenvalue weighted by Crippen LogP contribution is 2.32. The van der Waals surface area contributed by atoms with Gasteiger partial charge in [0.2, 0.25) is 5.78 Å². The number of carbonyl (C=O) groups excluding carboxylic acids is 1. The molecular weight excluding hydrogens is 389 g/mol. The van der Waals surface area contributed by atoms with Crippen molar-refractivity contribution in [3.05, 3.63) is 64.4 Å². The molecular formula is C21H19ClF3N2O+. The van der Waals surface area contributed by atoms with E-state index in [0.29, 0.717) is 16.1 Å². The Balaban J connectivity index is 1.85. The van der Waals surface area contributed by atoms with Crippen molar-refractivity contribution >= 4 is 28.4 Å². The van der Waals surface area contributed by atoms with E-state index in [2.05, 4.69) is 4.57 Å². The smallest absolute Gasteiger partial charge is 0.290 e. The van der Waals surface area contributed by atoms with Crippen LogP contribution in [-0.2, 0) is 25.7 Å². The summed E-state index contributed by atoms with van der Waals surface area (Å²) < 4.78 is 43.6. The second-order valence-corrected chi connectivity index (χ2v) is 7.54. The fourth-order valence-electron chi connectivity index (χ4n) is 3.89. The predicted molar refractivity (Wildman–Crippen MR) is 100 cm³/mol. The van der Waals surface area contributed by atoms with E-state index in [9.17, 15) is 18.0 Å². The van der Waals surface area contributed by atoms with Crippen LogP contribution in [0.4, 0.5) is 13.2 Å². The van der Waals surface area contributed by atoms with Crippen molar-refractivity contribution in [1.82, 2.24) is 4.57 Å². The summed E-state index contributed by atoms with van der Waals surface area (Å²) in [6.07, 6.45) is -0.707. The van der Waals surface area contributed by atoms with E-state index in [0.717, 1.165) is 55.7 Å². The van der Waals surface area contributed by atoms with Crippen LogP contribution in [0.5, 0.6) is 0 Å². The van der Waals surface area contributed by atoms with Gasteiger partial charge in [0.25, 0.3) is 5.82 Å². The second kappa shape index (κ2) is 7.24. The number of aromatic nitrogens is 2. The molecule has 1 aliphatic rings. The fourth-order valence-corrected chi connectivity index (χ4v) is 4.08. The first-order valence-electron chi connectivity index (χ1n) is 9.25. The number of benzene rings is 2. The van der Waals surface area contributed by atoms with Crippen LogP contribution in [-0.4, -0.2) is 10.4 Å². The molecule has 0 bridgehead atoms. The van der Waals surface area contributed by atoms with E-state index < -0.39 is 11.7 Å². The highest BCUT2D eigenvalue weighted by molar-refractivity contribution is 6.31. The van der Waals surface area contributed by atoms with Gasteiger partial charge in [0.15, 0.2) is 17.6 Å². The number of imidazole rings is 1. The van der Waals surface area contributed by atoms with Gasteiger partial charge in [-0.05, 0) is 43.5 Å². The molecule has 0 unspecified atom stereocenters. The van der Waals surface area contributed by atoms with Crippen LogP contribution in [0, 0.1) is 0 Å². The summed E-state index contributed by atoms with van der Waals surface area (Å²) in [6.45, 7) is 0.732. The van der Waals surface area contributed by atoms with E-state index in [4.69, 9.17) is 11.6 Å². The van der Waals surface area contributed by atoms with Gasteiger partial charge >= 0.3 is 6.18 Å². The van der Waals surface area contributed by atoms with Crippen molar-refractivity contribution < 1.29 is 22.5 Å². The fraction of sp³-hybridized carbons (Fsp3) is 0.333. The number of halogens is 4. The van der Waals surface area contributed by atoms with Gasteiger partial charge in [-0.15, -0.1) is 0 Å². The summed E-state index contributed by atoms with van der Waals surface area (Å²) in [5, 5.41) is 0.454. The van der Waals surface area contributed by atoms with Gasteiger partial charge in [0, 0.05) is 23.1 Å². The second-order valence-electron chi connectivity index (χ2n) is 7.10. The normalized spacial score (nSPS) is 14.7. The number of Topliss-reactive ketones (excluding diaryl/α,β-unsaturated/α-hetero) is 1. The molecule has 2 heterocycles. The number of rotatable bonds is 3. The van der Waals surface area contributed by atoms with Crippen LogP contribution >= 0.6 is 11.6 Å². The van der Waals surface area contributed by atoms with Crippen LogP contribution in [0.15, 0.2) is 42.5 Å². The summed E-state index contributed by atoms with van der Waals surface area (Å²) in [4.78, 5) is 12.9. The average Bonchev–Trinajstić information content (AvgIpc) is 2.80. The van der Waals surface area contributed by atoms with Crippen LogP contribution in [0.2, 0.25) is 5.02 Å². The zero-order valence-electron chi connectivity index (χ0n) is 15.1. The third-order valence-electron chi connectivity index (χ3n) is 5.24. The van der Waals surface area contributed by atoms with Crippen LogP contribution < -0.4 is 4.57 Å². The van der Waals surface area contributed by atoms with Gasteiger partial charge in [0.05, 0.1) is 12.1 Å². The number of alkyl halides is 3. The van der Waals surface area contributed by atoms with Gasteiger partial charge in [-0.3, -0.25) is 4.79 Å². The lowest BCUT2D eigenvalue weighted by Gasteiger charge is -2.06. The van der Waals surface area contributed by atoms with Crippen molar-refractivity contribution in [3.63, 3.8) is 0 Å². The summed E-state index contributed by atoms with van der Waals surface area (Å²) in [6, 6.07) is 10.4. The Morgan fingerprint density at radius 1 is 1.11 bits per heavy atom. The Morgan fingerprint density at radius 3 is 2.68 bits per heavy atom. The first kappa shape index (κ1) is 19.0. The van der Waals surface area contributed by atoms with Gasteiger partial charge < -0.3 is 0 Å². The minimum Gasteiger partial charge on any atom is -0.290 e. The molecule has 0 fully saturated rings. The molecule has 0 radical (unpaired) electrons. The maximum absolute atomic E-state index is 13.3. The number of hydrogen-bond acceptors (Lipinski definition) is 1. The molecule has 3 aromatic rings. The Morgan fingerprint density at radius 2 is 1.93 bits per heavy atom. The molecule has 0 saturated carbocycles. The van der Waals surface area contributed by atoms with E-state index in [1.807, 2.05) is 0 Å². The zero-order chi connectivity index (χ0) is 19.9. The number of fused-ring (bicyclic) bond motifs is 3. The van der Waals surface area contributed by atoms with Crippen molar-refractivity contribution in [2.24, 2.45) is 0 Å². The van der Waals surface area contributed by atoms with Crippen LogP contribution in [0.25, 0.3) is 11.0 Å². The number of aryl methyl sites for hydroxylation is 1. The van der Waals surface area contributed by atoms with E-state index >= 15 is 0 Å². The van der Waals surface area contributed by atoms with E-state index in [1.54, 1.807) is 28.8 Å². The molecule has 7 heteroatoms. The molecule has 3 nitrogen and oxygen atoms in total. The number of carbonyl (C=O) groups is 1. The average molecular weight is 408 g/mol. The lowest BCUT2D eigenvalue weighted by Crippen LogP contribution is -2.37. The summed E-state index contributed by atoms with van der Waals surface area (Å²) in [5.41, 5.74) is 0.935. The molecule has 0 atom stereocenters. The number of nitrogens with zero attached hydrogens (tertiary/aromatic N) is 2. The number of ketones is 1. The van der Waals surface area contributed by atoms with Gasteiger partial charge in [-0.1, -0.05) is 23.7 Å².